The highest BCUT2D eigenvalue weighted by atomic mass is 32.2. The normalized spacial score (nSPS) is 15.0. The first-order chi connectivity index (χ1) is 10.5. The summed E-state index contributed by atoms with van der Waals surface area (Å²) in [6, 6.07) is 7.53. The summed E-state index contributed by atoms with van der Waals surface area (Å²) in [4.78, 5) is 12.9. The van der Waals surface area contributed by atoms with E-state index in [0.29, 0.717) is 0 Å². The van der Waals surface area contributed by atoms with Gasteiger partial charge in [-0.05, 0) is 43.3 Å². The molecule has 1 aromatic rings. The zero-order valence-corrected chi connectivity index (χ0v) is 16.8. The number of hydrogen-bond acceptors (Lipinski definition) is 3. The van der Waals surface area contributed by atoms with Crippen molar-refractivity contribution >= 4 is 24.9 Å². The van der Waals surface area contributed by atoms with Crippen molar-refractivity contribution < 1.29 is 13.4 Å². The van der Waals surface area contributed by atoms with Crippen LogP contribution < -0.4 is 0 Å². The SMILES string of the molecule is C=CC(=O)[C@@H](CS(=O)c1ccc(C)cc1)O[Si](C)(C)C(C)(C)C. The standard InChI is InChI=1S/C18H28O3SSi/c1-8-16(19)17(21-23(6,7)18(3,4)5)13-22(20)15-11-9-14(2)10-12-15/h8-12,17H,1,13H2,2-7H3/t17-,22?/m1/s1. The molecule has 1 aromatic carbocycles. The molecule has 0 bridgehead atoms. The number of ketones is 1. The molecule has 1 unspecified atom stereocenters. The molecule has 128 valence electrons. The molecule has 2 atom stereocenters. The third kappa shape index (κ3) is 5.51. The summed E-state index contributed by atoms with van der Waals surface area (Å²) in [5.41, 5.74) is 1.11. The first-order valence-electron chi connectivity index (χ1n) is 7.77. The maximum atomic E-state index is 12.6. The number of benzene rings is 1. The molecule has 0 aliphatic heterocycles. The molecule has 0 radical (unpaired) electrons. The summed E-state index contributed by atoms with van der Waals surface area (Å²) in [5, 5.41) is -0.0158. The van der Waals surface area contributed by atoms with Crippen LogP contribution >= 0.6 is 0 Å². The molecule has 1 rings (SSSR count). The molecule has 0 fully saturated rings. The van der Waals surface area contributed by atoms with E-state index >= 15 is 0 Å². The van der Waals surface area contributed by atoms with E-state index in [-0.39, 0.29) is 16.6 Å². The second-order valence-corrected chi connectivity index (χ2v) is 13.6. The molecule has 23 heavy (non-hydrogen) atoms. The predicted molar refractivity (Wildman–Crippen MR) is 99.7 cm³/mol. The van der Waals surface area contributed by atoms with E-state index in [9.17, 15) is 9.00 Å². The van der Waals surface area contributed by atoms with E-state index in [1.807, 2.05) is 31.2 Å². The number of rotatable bonds is 7. The Kier molecular flexibility index (Phi) is 6.68. The fraction of sp³-hybridized carbons (Fsp3) is 0.500. The van der Waals surface area contributed by atoms with Crippen molar-refractivity contribution in [1.29, 1.82) is 0 Å². The highest BCUT2D eigenvalue weighted by Gasteiger charge is 2.40. The molecule has 0 aromatic heterocycles. The maximum Gasteiger partial charge on any atom is 0.193 e. The van der Waals surface area contributed by atoms with Crippen LogP contribution in [-0.2, 0) is 20.0 Å². The zero-order chi connectivity index (χ0) is 17.8. The van der Waals surface area contributed by atoms with Gasteiger partial charge in [-0.3, -0.25) is 9.00 Å². The van der Waals surface area contributed by atoms with Crippen LogP contribution in [0.3, 0.4) is 0 Å². The fourth-order valence-corrected chi connectivity index (χ4v) is 4.29. The van der Waals surface area contributed by atoms with Crippen LogP contribution in [0.15, 0.2) is 41.8 Å². The van der Waals surface area contributed by atoms with Gasteiger partial charge >= 0.3 is 0 Å². The van der Waals surface area contributed by atoms with Crippen molar-refractivity contribution in [1.82, 2.24) is 0 Å². The molecule has 0 saturated heterocycles. The van der Waals surface area contributed by atoms with Gasteiger partial charge in [-0.2, -0.15) is 0 Å². The Balaban J connectivity index is 2.95. The van der Waals surface area contributed by atoms with Crippen molar-refractivity contribution in [2.75, 3.05) is 5.75 Å². The van der Waals surface area contributed by atoms with Gasteiger partial charge in [-0.15, -0.1) is 0 Å². The summed E-state index contributed by atoms with van der Waals surface area (Å²) in [6.45, 7) is 16.1. The van der Waals surface area contributed by atoms with Crippen LogP contribution in [0.1, 0.15) is 26.3 Å². The summed E-state index contributed by atoms with van der Waals surface area (Å²) in [7, 11) is -3.40. The summed E-state index contributed by atoms with van der Waals surface area (Å²) in [5.74, 6) is -0.0317. The molecule has 0 amide bonds. The molecule has 0 aliphatic carbocycles. The van der Waals surface area contributed by atoms with Crippen LogP contribution in [0.2, 0.25) is 18.1 Å². The highest BCUT2D eigenvalue weighted by molar-refractivity contribution is 7.85. The van der Waals surface area contributed by atoms with Crippen LogP contribution in [-0.4, -0.2) is 30.2 Å². The first-order valence-corrected chi connectivity index (χ1v) is 12.0. The summed E-state index contributed by atoms with van der Waals surface area (Å²) >= 11 is 0. The third-order valence-corrected chi connectivity index (χ3v) is 10.2. The molecular weight excluding hydrogens is 324 g/mol. The Hall–Kier alpha value is -1.04. The highest BCUT2D eigenvalue weighted by Crippen LogP contribution is 2.37. The van der Waals surface area contributed by atoms with Crippen molar-refractivity contribution in [2.24, 2.45) is 0 Å². The second-order valence-electron chi connectivity index (χ2n) is 7.30. The zero-order valence-electron chi connectivity index (χ0n) is 15.0. The van der Waals surface area contributed by atoms with Crippen LogP contribution in [0.4, 0.5) is 0 Å². The van der Waals surface area contributed by atoms with Crippen molar-refractivity contribution in [3.05, 3.63) is 42.5 Å². The number of carbonyl (C=O) groups is 1. The average molecular weight is 353 g/mol. The van der Waals surface area contributed by atoms with E-state index in [4.69, 9.17) is 4.43 Å². The maximum absolute atomic E-state index is 12.6. The van der Waals surface area contributed by atoms with Gasteiger partial charge in [0, 0.05) is 4.90 Å². The molecule has 0 aliphatic rings. The van der Waals surface area contributed by atoms with Gasteiger partial charge in [0.25, 0.3) is 0 Å². The van der Waals surface area contributed by atoms with E-state index in [1.54, 1.807) is 0 Å². The minimum Gasteiger partial charge on any atom is -0.406 e. The van der Waals surface area contributed by atoms with Gasteiger partial charge in [-0.1, -0.05) is 45.0 Å². The topological polar surface area (TPSA) is 43.4 Å². The van der Waals surface area contributed by atoms with Gasteiger partial charge in [-0.25, -0.2) is 0 Å². The average Bonchev–Trinajstić information content (AvgIpc) is 2.44. The lowest BCUT2D eigenvalue weighted by Crippen LogP contribution is -2.47. The van der Waals surface area contributed by atoms with Gasteiger partial charge in [0.2, 0.25) is 0 Å². The van der Waals surface area contributed by atoms with Crippen LogP contribution in [0, 0.1) is 6.92 Å². The summed E-state index contributed by atoms with van der Waals surface area (Å²) in [6.07, 6.45) is 0.569. The number of carbonyl (C=O) groups excluding carboxylic acids is 1. The van der Waals surface area contributed by atoms with Crippen molar-refractivity contribution in [3.63, 3.8) is 0 Å². The minimum absolute atomic E-state index is 0.0158. The van der Waals surface area contributed by atoms with E-state index in [2.05, 4.69) is 40.4 Å². The Bertz CT molecular complexity index is 585. The lowest BCUT2D eigenvalue weighted by molar-refractivity contribution is -0.120. The van der Waals surface area contributed by atoms with Gasteiger partial charge < -0.3 is 4.43 Å². The predicted octanol–water partition coefficient (Wildman–Crippen LogP) is 4.25. The molecular formula is C18H28O3SSi. The van der Waals surface area contributed by atoms with Crippen molar-refractivity contribution in [2.45, 2.75) is 56.8 Å². The smallest absolute Gasteiger partial charge is 0.193 e. The Labute approximate surface area is 143 Å². The van der Waals surface area contributed by atoms with Gasteiger partial charge in [0.15, 0.2) is 14.1 Å². The summed E-state index contributed by atoms with van der Waals surface area (Å²) < 4.78 is 18.8. The van der Waals surface area contributed by atoms with Crippen molar-refractivity contribution in [3.8, 4) is 0 Å². The van der Waals surface area contributed by atoms with E-state index in [0.717, 1.165) is 10.5 Å². The number of aryl methyl sites for hydroxylation is 1. The monoisotopic (exact) mass is 352 g/mol. The fourth-order valence-electron chi connectivity index (χ4n) is 1.76. The molecule has 0 heterocycles. The first kappa shape index (κ1) is 20.0. The molecule has 0 N–H and O–H groups in total. The quantitative estimate of drug-likeness (QED) is 0.544. The lowest BCUT2D eigenvalue weighted by atomic mass is 10.2. The molecule has 3 nitrogen and oxygen atoms in total. The number of hydrogen-bond donors (Lipinski definition) is 0. The van der Waals surface area contributed by atoms with Crippen LogP contribution in [0.5, 0.6) is 0 Å². The Morgan fingerprint density at radius 1 is 1.30 bits per heavy atom. The lowest BCUT2D eigenvalue weighted by Gasteiger charge is -2.38. The van der Waals surface area contributed by atoms with E-state index < -0.39 is 25.2 Å². The minimum atomic E-state index is -2.13. The van der Waals surface area contributed by atoms with E-state index in [1.165, 1.54) is 6.08 Å². The van der Waals surface area contributed by atoms with Gasteiger partial charge in [0.1, 0.15) is 6.10 Å². The van der Waals surface area contributed by atoms with Gasteiger partial charge in [0.05, 0.1) is 16.6 Å². The Morgan fingerprint density at radius 2 is 1.83 bits per heavy atom. The molecule has 5 heteroatoms. The molecule has 0 spiro atoms. The Morgan fingerprint density at radius 3 is 2.26 bits per heavy atom. The largest absolute Gasteiger partial charge is 0.406 e. The second kappa shape index (κ2) is 7.68. The molecule has 0 saturated carbocycles. The third-order valence-electron chi connectivity index (χ3n) is 4.35. The van der Waals surface area contributed by atoms with Crippen LogP contribution in [0.25, 0.3) is 0 Å².